The average molecular weight is 337 g/mol. The molecule has 2 rings (SSSR count). The molecule has 0 aliphatic rings. The number of halogens is 1. The number of thiophene rings is 1. The van der Waals surface area contributed by atoms with Crippen LogP contribution in [0.5, 0.6) is 0 Å². The summed E-state index contributed by atoms with van der Waals surface area (Å²) in [5.74, 6) is 0. The second kappa shape index (κ2) is 4.89. The second-order valence-corrected chi connectivity index (χ2v) is 7.70. The normalized spacial score (nSPS) is 11.9. The van der Waals surface area contributed by atoms with E-state index in [1.807, 2.05) is 6.92 Å². The molecule has 0 bridgehead atoms. The molecule has 0 spiro atoms. The molecule has 0 radical (unpaired) electrons. The Morgan fingerprint density at radius 2 is 2.35 bits per heavy atom. The fourth-order valence-electron chi connectivity index (χ4n) is 1.13. The third-order valence-electron chi connectivity index (χ3n) is 2.03. The minimum absolute atomic E-state index is 0.118. The Morgan fingerprint density at radius 1 is 1.59 bits per heavy atom. The van der Waals surface area contributed by atoms with Crippen molar-refractivity contribution in [3.05, 3.63) is 33.4 Å². The molecule has 0 aliphatic heterocycles. The Kier molecular flexibility index (Phi) is 3.67. The molecule has 5 nitrogen and oxygen atoms in total. The summed E-state index contributed by atoms with van der Waals surface area (Å²) >= 11 is 4.48. The third-order valence-corrected chi connectivity index (χ3v) is 6.05. The van der Waals surface area contributed by atoms with Crippen LogP contribution in [0.2, 0.25) is 0 Å². The summed E-state index contributed by atoms with van der Waals surface area (Å²) in [6.07, 6.45) is 1.40. The lowest BCUT2D eigenvalue weighted by Crippen LogP contribution is -2.22. The van der Waals surface area contributed by atoms with Gasteiger partial charge in [-0.3, -0.25) is 0 Å². The maximum Gasteiger partial charge on any atom is 0.250 e. The highest BCUT2D eigenvalue weighted by Crippen LogP contribution is 2.30. The molecule has 2 heterocycles. The van der Waals surface area contributed by atoms with E-state index in [0.29, 0.717) is 5.69 Å². The van der Waals surface area contributed by atoms with E-state index in [2.05, 4.69) is 30.3 Å². The van der Waals surface area contributed by atoms with Gasteiger partial charge in [0.2, 0.25) is 10.0 Å². The molecule has 1 N–H and O–H groups in total. The lowest BCUT2D eigenvalue weighted by Gasteiger charge is -2.01. The minimum atomic E-state index is -3.48. The number of rotatable bonds is 4. The van der Waals surface area contributed by atoms with Crippen LogP contribution in [-0.4, -0.2) is 13.6 Å². The molecule has 0 saturated heterocycles. The predicted molar refractivity (Wildman–Crippen MR) is 67.3 cm³/mol. The molecule has 0 amide bonds. The number of sulfonamides is 1. The highest BCUT2D eigenvalue weighted by atomic mass is 79.9. The second-order valence-electron chi connectivity index (χ2n) is 3.34. The van der Waals surface area contributed by atoms with E-state index in [9.17, 15) is 8.42 Å². The first kappa shape index (κ1) is 12.7. The Hall–Kier alpha value is -0.700. The van der Waals surface area contributed by atoms with Gasteiger partial charge in [-0.2, -0.15) is 0 Å². The Morgan fingerprint density at radius 3 is 2.88 bits per heavy atom. The van der Waals surface area contributed by atoms with E-state index in [1.165, 1.54) is 17.6 Å². The molecule has 0 fully saturated rings. The SMILES string of the molecule is Cc1cc(S(=O)(=O)NCc2ccon2)sc1Br. The zero-order chi connectivity index (χ0) is 12.5. The lowest BCUT2D eigenvalue weighted by molar-refractivity contribution is 0.411. The lowest BCUT2D eigenvalue weighted by atomic mass is 10.4. The molecule has 0 aromatic carbocycles. The molecule has 0 atom stereocenters. The van der Waals surface area contributed by atoms with Crippen molar-refractivity contribution in [1.82, 2.24) is 9.88 Å². The van der Waals surface area contributed by atoms with Crippen molar-refractivity contribution in [1.29, 1.82) is 0 Å². The van der Waals surface area contributed by atoms with E-state index in [-0.39, 0.29) is 10.8 Å². The molecule has 8 heteroatoms. The van der Waals surface area contributed by atoms with Gasteiger partial charge in [0.15, 0.2) is 0 Å². The number of nitrogens with zero attached hydrogens (tertiary/aromatic N) is 1. The molecule has 0 aliphatic carbocycles. The number of aryl methyl sites for hydroxylation is 1. The van der Waals surface area contributed by atoms with Crippen LogP contribution in [0.15, 0.2) is 30.9 Å². The van der Waals surface area contributed by atoms with E-state index in [1.54, 1.807) is 12.1 Å². The van der Waals surface area contributed by atoms with E-state index in [4.69, 9.17) is 0 Å². The van der Waals surface area contributed by atoms with Crippen LogP contribution in [0.25, 0.3) is 0 Å². The van der Waals surface area contributed by atoms with Gasteiger partial charge in [-0.15, -0.1) is 11.3 Å². The quantitative estimate of drug-likeness (QED) is 0.929. The summed E-state index contributed by atoms with van der Waals surface area (Å²) in [6, 6.07) is 3.23. The van der Waals surface area contributed by atoms with Gasteiger partial charge in [-0.05, 0) is 34.5 Å². The first-order valence-electron chi connectivity index (χ1n) is 4.64. The number of hydrogen-bond acceptors (Lipinski definition) is 5. The fraction of sp³-hybridized carbons (Fsp3) is 0.222. The van der Waals surface area contributed by atoms with Gasteiger partial charge >= 0.3 is 0 Å². The predicted octanol–water partition coefficient (Wildman–Crippen LogP) is 2.29. The van der Waals surface area contributed by atoms with Crippen LogP contribution in [-0.2, 0) is 16.6 Å². The molecular formula is C9H9BrN2O3S2. The summed E-state index contributed by atoms with van der Waals surface area (Å²) in [5, 5.41) is 3.63. The van der Waals surface area contributed by atoms with E-state index < -0.39 is 10.0 Å². The van der Waals surface area contributed by atoms with Gasteiger partial charge in [0, 0.05) is 6.07 Å². The summed E-state index contributed by atoms with van der Waals surface area (Å²) < 4.78 is 32.0. The fourth-order valence-corrected chi connectivity index (χ4v) is 4.40. The maximum atomic E-state index is 11.9. The maximum absolute atomic E-state index is 11.9. The molecule has 2 aromatic heterocycles. The van der Waals surface area contributed by atoms with Gasteiger partial charge in [-0.1, -0.05) is 5.16 Å². The van der Waals surface area contributed by atoms with Crippen LogP contribution in [0.4, 0.5) is 0 Å². The van der Waals surface area contributed by atoms with Gasteiger partial charge in [-0.25, -0.2) is 13.1 Å². The van der Waals surface area contributed by atoms with Gasteiger partial charge in [0.1, 0.15) is 10.5 Å². The molecule has 2 aromatic rings. The standard InChI is InChI=1S/C9H9BrN2O3S2/c1-6-4-8(16-9(6)10)17(13,14)11-5-7-2-3-15-12-7/h2-4,11H,5H2,1H3. The topological polar surface area (TPSA) is 72.2 Å². The summed E-state index contributed by atoms with van der Waals surface area (Å²) in [6.45, 7) is 1.96. The summed E-state index contributed by atoms with van der Waals surface area (Å²) in [7, 11) is -3.48. The van der Waals surface area contributed by atoms with Crippen LogP contribution >= 0.6 is 27.3 Å². The monoisotopic (exact) mass is 336 g/mol. The van der Waals surface area contributed by atoms with E-state index >= 15 is 0 Å². The average Bonchev–Trinajstić information content (AvgIpc) is 2.87. The molecular weight excluding hydrogens is 328 g/mol. The van der Waals surface area contributed by atoms with Crippen molar-refractivity contribution in [2.75, 3.05) is 0 Å². The molecule has 0 saturated carbocycles. The zero-order valence-electron chi connectivity index (χ0n) is 8.81. The van der Waals surface area contributed by atoms with Crippen LogP contribution in [0, 0.1) is 6.92 Å². The van der Waals surface area contributed by atoms with Crippen molar-refractivity contribution in [3.8, 4) is 0 Å². The van der Waals surface area contributed by atoms with Gasteiger partial charge in [0.05, 0.1) is 16.0 Å². The van der Waals surface area contributed by atoms with Crippen LogP contribution in [0.3, 0.4) is 0 Å². The highest BCUT2D eigenvalue weighted by molar-refractivity contribution is 9.11. The summed E-state index contributed by atoms with van der Waals surface area (Å²) in [4.78, 5) is 0. The number of hydrogen-bond donors (Lipinski definition) is 1. The minimum Gasteiger partial charge on any atom is -0.364 e. The van der Waals surface area contributed by atoms with Crippen molar-refractivity contribution in [2.24, 2.45) is 0 Å². The third kappa shape index (κ3) is 2.95. The van der Waals surface area contributed by atoms with Gasteiger partial charge in [0.25, 0.3) is 0 Å². The number of aromatic nitrogens is 1. The summed E-state index contributed by atoms with van der Waals surface area (Å²) in [5.41, 5.74) is 1.44. The van der Waals surface area contributed by atoms with Gasteiger partial charge < -0.3 is 4.52 Å². The molecule has 0 unspecified atom stereocenters. The van der Waals surface area contributed by atoms with Crippen molar-refractivity contribution < 1.29 is 12.9 Å². The Balaban J connectivity index is 2.14. The Labute approximate surface area is 111 Å². The van der Waals surface area contributed by atoms with Crippen LogP contribution in [0.1, 0.15) is 11.3 Å². The number of nitrogens with one attached hydrogen (secondary N) is 1. The highest BCUT2D eigenvalue weighted by Gasteiger charge is 2.18. The molecule has 92 valence electrons. The van der Waals surface area contributed by atoms with Crippen molar-refractivity contribution >= 4 is 37.3 Å². The van der Waals surface area contributed by atoms with Crippen molar-refractivity contribution in [3.63, 3.8) is 0 Å². The first-order chi connectivity index (χ1) is 7.99. The Bertz CT molecular complexity index is 585. The smallest absolute Gasteiger partial charge is 0.250 e. The zero-order valence-corrected chi connectivity index (χ0v) is 12.0. The first-order valence-corrected chi connectivity index (χ1v) is 7.73. The van der Waals surface area contributed by atoms with Crippen LogP contribution < -0.4 is 4.72 Å². The van der Waals surface area contributed by atoms with Crippen molar-refractivity contribution in [2.45, 2.75) is 17.7 Å². The molecule has 17 heavy (non-hydrogen) atoms. The van der Waals surface area contributed by atoms with E-state index in [0.717, 1.165) is 9.35 Å². The largest absolute Gasteiger partial charge is 0.364 e.